The Morgan fingerprint density at radius 3 is 2.95 bits per heavy atom. The van der Waals surface area contributed by atoms with Crippen LogP contribution < -0.4 is 5.32 Å². The van der Waals surface area contributed by atoms with E-state index in [-0.39, 0.29) is 5.76 Å². The van der Waals surface area contributed by atoms with Gasteiger partial charge in [-0.15, -0.1) is 0 Å². The first-order valence-corrected chi connectivity index (χ1v) is 7.66. The van der Waals surface area contributed by atoms with E-state index >= 15 is 0 Å². The van der Waals surface area contributed by atoms with Crippen LogP contribution in [-0.4, -0.2) is 39.0 Å². The Morgan fingerprint density at radius 2 is 2.29 bits per heavy atom. The molecular formula is C14H14N2O4S. The number of carboxylic acids is 1. The van der Waals surface area contributed by atoms with Crippen LogP contribution in [-0.2, 0) is 4.79 Å². The average molecular weight is 306 g/mol. The van der Waals surface area contributed by atoms with E-state index in [1.54, 1.807) is 12.1 Å². The SMILES string of the molecule is Cc1ccc2oc(C(=O)NC3(C(=O)O)CCSC3)cc2n1. The average Bonchev–Trinajstić information content (AvgIpc) is 3.05. The van der Waals surface area contributed by atoms with Gasteiger partial charge in [0.1, 0.15) is 11.1 Å². The van der Waals surface area contributed by atoms with Gasteiger partial charge in [0.25, 0.3) is 5.91 Å². The lowest BCUT2D eigenvalue weighted by molar-refractivity contribution is -0.143. The van der Waals surface area contributed by atoms with Gasteiger partial charge in [0.05, 0.1) is 0 Å². The predicted octanol–water partition coefficient (Wildman–Crippen LogP) is 1.83. The van der Waals surface area contributed by atoms with Crippen molar-refractivity contribution in [1.82, 2.24) is 10.3 Å². The van der Waals surface area contributed by atoms with Crippen LogP contribution in [0.4, 0.5) is 0 Å². The summed E-state index contributed by atoms with van der Waals surface area (Å²) in [5.74, 6) is -0.360. The third kappa shape index (κ3) is 2.49. The molecule has 0 aromatic carbocycles. The molecule has 2 aromatic heterocycles. The summed E-state index contributed by atoms with van der Waals surface area (Å²) < 4.78 is 5.45. The standard InChI is InChI=1S/C14H14N2O4S/c1-8-2-3-10-9(15-8)6-11(20-10)12(17)16-14(13(18)19)4-5-21-7-14/h2-3,6H,4-5,7H2,1H3,(H,16,17)(H,18,19). The van der Waals surface area contributed by atoms with Gasteiger partial charge in [-0.1, -0.05) is 0 Å². The summed E-state index contributed by atoms with van der Waals surface area (Å²) in [6.45, 7) is 1.85. The lowest BCUT2D eigenvalue weighted by Crippen LogP contribution is -2.54. The van der Waals surface area contributed by atoms with Gasteiger partial charge in [-0.3, -0.25) is 4.79 Å². The maximum atomic E-state index is 12.3. The first kappa shape index (κ1) is 13.9. The Labute approximate surface area is 124 Å². The van der Waals surface area contributed by atoms with Crippen molar-refractivity contribution in [2.24, 2.45) is 0 Å². The Kier molecular flexibility index (Phi) is 3.36. The van der Waals surface area contributed by atoms with Crippen LogP contribution in [0, 0.1) is 6.92 Å². The number of thioether (sulfide) groups is 1. The van der Waals surface area contributed by atoms with E-state index in [4.69, 9.17) is 4.42 Å². The maximum Gasteiger partial charge on any atom is 0.330 e. The number of hydrogen-bond acceptors (Lipinski definition) is 5. The van der Waals surface area contributed by atoms with Crippen molar-refractivity contribution in [3.63, 3.8) is 0 Å². The first-order chi connectivity index (χ1) is 10.00. The van der Waals surface area contributed by atoms with E-state index in [1.807, 2.05) is 6.92 Å². The van der Waals surface area contributed by atoms with Crippen LogP contribution in [0.5, 0.6) is 0 Å². The summed E-state index contributed by atoms with van der Waals surface area (Å²) in [6.07, 6.45) is 0.413. The second-order valence-corrected chi connectivity index (χ2v) is 6.20. The Morgan fingerprint density at radius 1 is 1.48 bits per heavy atom. The molecule has 1 unspecified atom stereocenters. The number of carbonyl (C=O) groups is 2. The third-order valence-electron chi connectivity index (χ3n) is 3.52. The summed E-state index contributed by atoms with van der Waals surface area (Å²) >= 11 is 1.52. The topological polar surface area (TPSA) is 92.4 Å². The summed E-state index contributed by atoms with van der Waals surface area (Å²) in [6, 6.07) is 5.07. The molecule has 0 bridgehead atoms. The zero-order valence-corrected chi connectivity index (χ0v) is 12.2. The second-order valence-electron chi connectivity index (χ2n) is 5.09. The van der Waals surface area contributed by atoms with Crippen LogP contribution in [0.1, 0.15) is 22.7 Å². The number of fused-ring (bicyclic) bond motifs is 1. The quantitative estimate of drug-likeness (QED) is 0.898. The normalized spacial score (nSPS) is 21.6. The van der Waals surface area contributed by atoms with E-state index in [2.05, 4.69) is 10.3 Å². The van der Waals surface area contributed by atoms with Crippen molar-refractivity contribution in [2.45, 2.75) is 18.9 Å². The van der Waals surface area contributed by atoms with Gasteiger partial charge in [0.2, 0.25) is 0 Å². The van der Waals surface area contributed by atoms with Crippen LogP contribution in [0.2, 0.25) is 0 Å². The summed E-state index contributed by atoms with van der Waals surface area (Å²) in [5, 5.41) is 12.0. The molecule has 1 fully saturated rings. The molecule has 2 N–H and O–H groups in total. The van der Waals surface area contributed by atoms with E-state index in [0.717, 1.165) is 5.69 Å². The number of nitrogens with one attached hydrogen (secondary N) is 1. The predicted molar refractivity (Wildman–Crippen MR) is 78.5 cm³/mol. The van der Waals surface area contributed by atoms with Crippen LogP contribution in [0.15, 0.2) is 22.6 Å². The molecule has 3 rings (SSSR count). The number of furan rings is 1. The van der Waals surface area contributed by atoms with Gasteiger partial charge >= 0.3 is 5.97 Å². The van der Waals surface area contributed by atoms with E-state index in [1.165, 1.54) is 17.8 Å². The van der Waals surface area contributed by atoms with E-state index in [9.17, 15) is 14.7 Å². The molecule has 0 aliphatic carbocycles. The van der Waals surface area contributed by atoms with Gasteiger partial charge in [-0.25, -0.2) is 9.78 Å². The zero-order valence-electron chi connectivity index (χ0n) is 11.4. The minimum absolute atomic E-state index is 0.0839. The van der Waals surface area contributed by atoms with Crippen molar-refractivity contribution in [3.05, 3.63) is 29.7 Å². The molecule has 110 valence electrons. The molecule has 7 heteroatoms. The minimum atomic E-state index is -1.20. The first-order valence-electron chi connectivity index (χ1n) is 6.51. The molecule has 2 aromatic rings. The molecule has 1 aliphatic heterocycles. The molecule has 21 heavy (non-hydrogen) atoms. The maximum absolute atomic E-state index is 12.3. The monoisotopic (exact) mass is 306 g/mol. The zero-order chi connectivity index (χ0) is 15.0. The number of aromatic nitrogens is 1. The van der Waals surface area contributed by atoms with Gasteiger partial charge < -0.3 is 14.8 Å². The molecule has 6 nitrogen and oxygen atoms in total. The fraction of sp³-hybridized carbons (Fsp3) is 0.357. The Bertz CT molecular complexity index is 719. The van der Waals surface area contributed by atoms with E-state index < -0.39 is 17.4 Å². The van der Waals surface area contributed by atoms with Crippen molar-refractivity contribution >= 4 is 34.7 Å². The number of aryl methyl sites for hydroxylation is 1. The second kappa shape index (κ2) is 5.07. The highest BCUT2D eigenvalue weighted by Gasteiger charge is 2.43. The molecule has 1 saturated heterocycles. The third-order valence-corrected chi connectivity index (χ3v) is 4.71. The van der Waals surface area contributed by atoms with E-state index in [0.29, 0.717) is 29.0 Å². The highest BCUT2D eigenvalue weighted by molar-refractivity contribution is 7.99. The number of amides is 1. The van der Waals surface area contributed by atoms with Crippen LogP contribution in [0.25, 0.3) is 11.1 Å². The number of rotatable bonds is 3. The molecule has 1 amide bonds. The molecule has 1 aliphatic rings. The van der Waals surface area contributed by atoms with Crippen molar-refractivity contribution in [2.75, 3.05) is 11.5 Å². The molecule has 1 atom stereocenters. The molecular weight excluding hydrogens is 292 g/mol. The summed E-state index contributed by atoms with van der Waals surface area (Å²) in [5.41, 5.74) is 0.718. The number of carboxylic acid groups (broad SMARTS) is 1. The number of aliphatic carboxylic acids is 1. The summed E-state index contributed by atoms with van der Waals surface area (Å²) in [4.78, 5) is 28.0. The lowest BCUT2D eigenvalue weighted by atomic mass is 9.99. The van der Waals surface area contributed by atoms with Gasteiger partial charge in [0, 0.05) is 17.5 Å². The van der Waals surface area contributed by atoms with Crippen molar-refractivity contribution < 1.29 is 19.1 Å². The highest BCUT2D eigenvalue weighted by atomic mass is 32.2. The fourth-order valence-corrected chi connectivity index (χ4v) is 3.63. The Hall–Kier alpha value is -2.02. The van der Waals surface area contributed by atoms with Crippen molar-refractivity contribution in [1.29, 1.82) is 0 Å². The number of nitrogens with zero attached hydrogens (tertiary/aromatic N) is 1. The molecule has 0 spiro atoms. The number of hydrogen-bond donors (Lipinski definition) is 2. The minimum Gasteiger partial charge on any atom is -0.479 e. The lowest BCUT2D eigenvalue weighted by Gasteiger charge is -2.23. The van der Waals surface area contributed by atoms with Crippen LogP contribution >= 0.6 is 11.8 Å². The summed E-state index contributed by atoms with van der Waals surface area (Å²) in [7, 11) is 0. The number of pyridine rings is 1. The largest absolute Gasteiger partial charge is 0.479 e. The molecule has 0 radical (unpaired) electrons. The highest BCUT2D eigenvalue weighted by Crippen LogP contribution is 2.29. The van der Waals surface area contributed by atoms with Gasteiger partial charge in [-0.05, 0) is 31.2 Å². The van der Waals surface area contributed by atoms with Gasteiger partial charge in [-0.2, -0.15) is 11.8 Å². The fourth-order valence-electron chi connectivity index (χ4n) is 2.30. The smallest absolute Gasteiger partial charge is 0.330 e. The van der Waals surface area contributed by atoms with Crippen LogP contribution in [0.3, 0.4) is 0 Å². The van der Waals surface area contributed by atoms with Gasteiger partial charge in [0.15, 0.2) is 11.3 Å². The number of carbonyl (C=O) groups excluding carboxylic acids is 1. The Balaban J connectivity index is 1.88. The van der Waals surface area contributed by atoms with Crippen molar-refractivity contribution in [3.8, 4) is 0 Å². The molecule has 0 saturated carbocycles. The molecule has 3 heterocycles.